The van der Waals surface area contributed by atoms with Crippen molar-refractivity contribution in [1.82, 2.24) is 9.97 Å². The van der Waals surface area contributed by atoms with Gasteiger partial charge in [-0.05, 0) is 66.7 Å². The number of rotatable bonds is 8. The molecule has 36 heavy (non-hydrogen) atoms. The molecule has 0 aliphatic heterocycles. The highest BCUT2D eigenvalue weighted by atomic mass is 32.2. The maximum absolute atomic E-state index is 14.0. The zero-order valence-electron chi connectivity index (χ0n) is 19.4. The molecule has 0 N–H and O–H groups in total. The number of aromatic nitrogens is 2. The highest BCUT2D eigenvalue weighted by Crippen LogP contribution is 2.30. The van der Waals surface area contributed by atoms with Gasteiger partial charge in [0.15, 0.2) is 5.82 Å². The molecule has 0 unspecified atom stereocenters. The highest BCUT2D eigenvalue weighted by molar-refractivity contribution is 8.00. The van der Waals surface area contributed by atoms with Crippen molar-refractivity contribution in [3.63, 3.8) is 0 Å². The first-order valence-corrected chi connectivity index (χ1v) is 11.7. The smallest absolute Gasteiger partial charge is 0.325 e. The van der Waals surface area contributed by atoms with Crippen LogP contribution in [0.15, 0.2) is 71.8 Å². The van der Waals surface area contributed by atoms with E-state index >= 15 is 0 Å². The van der Waals surface area contributed by atoms with E-state index in [4.69, 9.17) is 9.47 Å². The van der Waals surface area contributed by atoms with E-state index in [0.717, 1.165) is 11.8 Å². The second kappa shape index (κ2) is 11.1. The summed E-state index contributed by atoms with van der Waals surface area (Å²) in [6.45, 7) is -0.289. The number of halogens is 2. The minimum absolute atomic E-state index is 0.103. The van der Waals surface area contributed by atoms with Crippen LogP contribution in [0.4, 0.5) is 14.5 Å². The van der Waals surface area contributed by atoms with Gasteiger partial charge in [0.25, 0.3) is 0 Å². The number of hydrogen-bond donors (Lipinski definition) is 0. The predicted molar refractivity (Wildman–Crippen MR) is 133 cm³/mol. The molecule has 7 nitrogen and oxygen atoms in total. The van der Waals surface area contributed by atoms with E-state index < -0.39 is 17.6 Å². The average molecular weight is 510 g/mol. The summed E-state index contributed by atoms with van der Waals surface area (Å²) in [7, 11) is 2.77. The monoisotopic (exact) mass is 509 g/mol. The number of amides is 1. The summed E-state index contributed by atoms with van der Waals surface area (Å²) >= 11 is 1.08. The molecule has 0 fully saturated rings. The maximum atomic E-state index is 14.0. The van der Waals surface area contributed by atoms with E-state index in [1.807, 2.05) is 0 Å². The van der Waals surface area contributed by atoms with Gasteiger partial charge in [0, 0.05) is 16.6 Å². The van der Waals surface area contributed by atoms with Crippen LogP contribution in [0, 0.1) is 11.6 Å². The summed E-state index contributed by atoms with van der Waals surface area (Å²) in [5, 5.41) is 0.808. The molecule has 1 heterocycles. The molecule has 1 amide bonds. The van der Waals surface area contributed by atoms with Crippen LogP contribution < -0.4 is 9.64 Å². The van der Waals surface area contributed by atoms with Gasteiger partial charge in [0.05, 0.1) is 25.5 Å². The van der Waals surface area contributed by atoms with Crippen molar-refractivity contribution in [3.8, 4) is 17.1 Å². The minimum atomic E-state index is -0.586. The lowest BCUT2D eigenvalue weighted by Crippen LogP contribution is -2.37. The first-order chi connectivity index (χ1) is 17.4. The Kier molecular flexibility index (Phi) is 7.74. The Labute approximate surface area is 210 Å². The standard InChI is InChI=1S/C26H21F2N3O4S/c1-34-20-10-8-19(9-11-20)31(14-24(33)35-2)23(32)15-36-26-21-13-18(28)7-12-22(21)29-25(30-26)16-3-5-17(27)6-4-16/h3-13H,14-15H2,1-2H3. The number of carbonyl (C=O) groups excluding carboxylic acids is 2. The summed E-state index contributed by atoms with van der Waals surface area (Å²) < 4.78 is 37.3. The molecular formula is C26H21F2N3O4S. The fourth-order valence-electron chi connectivity index (χ4n) is 3.40. The van der Waals surface area contributed by atoms with Crippen molar-refractivity contribution < 1.29 is 27.8 Å². The van der Waals surface area contributed by atoms with Gasteiger partial charge in [-0.25, -0.2) is 18.7 Å². The summed E-state index contributed by atoms with van der Waals surface area (Å²) in [4.78, 5) is 35.5. The number of fused-ring (bicyclic) bond motifs is 1. The Bertz CT molecular complexity index is 1400. The number of thioether (sulfide) groups is 1. The molecular weight excluding hydrogens is 488 g/mol. The Morgan fingerprint density at radius 3 is 2.28 bits per heavy atom. The quantitative estimate of drug-likeness (QED) is 0.190. The third kappa shape index (κ3) is 5.77. The van der Waals surface area contributed by atoms with Crippen LogP contribution in [0.1, 0.15) is 0 Å². The van der Waals surface area contributed by atoms with Gasteiger partial charge in [-0.15, -0.1) is 0 Å². The third-order valence-electron chi connectivity index (χ3n) is 5.26. The minimum Gasteiger partial charge on any atom is -0.497 e. The number of benzene rings is 3. The summed E-state index contributed by atoms with van der Waals surface area (Å²) in [5.41, 5.74) is 1.53. The Hall–Kier alpha value is -4.05. The average Bonchev–Trinajstić information content (AvgIpc) is 2.90. The number of methoxy groups -OCH3 is 2. The molecule has 0 atom stereocenters. The molecule has 1 aromatic heterocycles. The summed E-state index contributed by atoms with van der Waals surface area (Å²) in [6.07, 6.45) is 0. The van der Waals surface area contributed by atoms with Crippen LogP contribution in [-0.2, 0) is 14.3 Å². The van der Waals surface area contributed by atoms with E-state index in [1.54, 1.807) is 36.4 Å². The van der Waals surface area contributed by atoms with Crippen LogP contribution >= 0.6 is 11.8 Å². The molecule has 10 heteroatoms. The van der Waals surface area contributed by atoms with Crippen molar-refractivity contribution in [2.45, 2.75) is 5.03 Å². The summed E-state index contributed by atoms with van der Waals surface area (Å²) in [6, 6.07) is 16.4. The lowest BCUT2D eigenvalue weighted by atomic mass is 10.2. The van der Waals surface area contributed by atoms with E-state index in [0.29, 0.717) is 38.8 Å². The van der Waals surface area contributed by atoms with Crippen LogP contribution in [-0.4, -0.2) is 48.4 Å². The van der Waals surface area contributed by atoms with Crippen LogP contribution in [0.3, 0.4) is 0 Å². The number of ether oxygens (including phenoxy) is 2. The zero-order valence-corrected chi connectivity index (χ0v) is 20.2. The summed E-state index contributed by atoms with van der Waals surface area (Å²) in [5.74, 6) is -1.04. The van der Waals surface area contributed by atoms with Gasteiger partial charge in [0.2, 0.25) is 5.91 Å². The maximum Gasteiger partial charge on any atom is 0.325 e. The zero-order chi connectivity index (χ0) is 25.7. The Morgan fingerprint density at radius 1 is 0.917 bits per heavy atom. The first-order valence-electron chi connectivity index (χ1n) is 10.7. The number of hydrogen-bond acceptors (Lipinski definition) is 7. The number of anilines is 1. The van der Waals surface area contributed by atoms with Crippen molar-refractivity contribution in [2.75, 3.05) is 31.4 Å². The van der Waals surface area contributed by atoms with Crippen molar-refractivity contribution >= 4 is 40.2 Å². The van der Waals surface area contributed by atoms with Crippen LogP contribution in [0.2, 0.25) is 0 Å². The molecule has 3 aromatic carbocycles. The number of esters is 1. The second-order valence-electron chi connectivity index (χ2n) is 7.56. The molecule has 0 saturated carbocycles. The predicted octanol–water partition coefficient (Wildman–Crippen LogP) is 4.88. The molecule has 184 valence electrons. The normalized spacial score (nSPS) is 10.8. The number of carbonyl (C=O) groups is 2. The lowest BCUT2D eigenvalue weighted by molar-refractivity contribution is -0.139. The molecule has 0 bridgehead atoms. The first kappa shape index (κ1) is 25.1. The van der Waals surface area contributed by atoms with E-state index in [2.05, 4.69) is 9.97 Å². The van der Waals surface area contributed by atoms with Crippen molar-refractivity contribution in [2.24, 2.45) is 0 Å². The topological polar surface area (TPSA) is 81.6 Å². The van der Waals surface area contributed by atoms with Crippen LogP contribution in [0.5, 0.6) is 5.75 Å². The highest BCUT2D eigenvalue weighted by Gasteiger charge is 2.21. The number of nitrogens with zero attached hydrogens (tertiary/aromatic N) is 3. The second-order valence-corrected chi connectivity index (χ2v) is 8.53. The van der Waals surface area contributed by atoms with Crippen molar-refractivity contribution in [3.05, 3.63) is 78.4 Å². The Morgan fingerprint density at radius 2 is 1.61 bits per heavy atom. The van der Waals surface area contributed by atoms with Crippen molar-refractivity contribution in [1.29, 1.82) is 0 Å². The van der Waals surface area contributed by atoms with Gasteiger partial charge in [0.1, 0.15) is 29.0 Å². The van der Waals surface area contributed by atoms with Gasteiger partial charge >= 0.3 is 5.97 Å². The lowest BCUT2D eigenvalue weighted by Gasteiger charge is -2.22. The molecule has 0 radical (unpaired) electrons. The van der Waals surface area contributed by atoms with Gasteiger partial charge in [-0.2, -0.15) is 0 Å². The van der Waals surface area contributed by atoms with Gasteiger partial charge in [-0.3, -0.25) is 9.59 Å². The molecule has 4 aromatic rings. The third-order valence-corrected chi connectivity index (χ3v) is 6.23. The van der Waals surface area contributed by atoms with E-state index in [-0.39, 0.29) is 18.2 Å². The van der Waals surface area contributed by atoms with Gasteiger partial charge < -0.3 is 14.4 Å². The van der Waals surface area contributed by atoms with E-state index in [9.17, 15) is 18.4 Å². The molecule has 0 spiro atoms. The van der Waals surface area contributed by atoms with E-state index in [1.165, 1.54) is 49.5 Å². The van der Waals surface area contributed by atoms with Crippen LogP contribution in [0.25, 0.3) is 22.3 Å². The fourth-order valence-corrected chi connectivity index (χ4v) is 4.28. The molecule has 0 saturated heterocycles. The largest absolute Gasteiger partial charge is 0.497 e. The SMILES string of the molecule is COC(=O)CN(C(=O)CSc1nc(-c2ccc(F)cc2)nc2ccc(F)cc12)c1ccc(OC)cc1. The molecule has 0 aliphatic rings. The molecule has 4 rings (SSSR count). The fraction of sp³-hybridized carbons (Fsp3) is 0.154. The molecule has 0 aliphatic carbocycles. The Balaban J connectivity index is 1.65. The van der Waals surface area contributed by atoms with Gasteiger partial charge in [-0.1, -0.05) is 11.8 Å².